The smallest absolute Gasteiger partial charge is 0.313 e. The standard InChI is InChI=1S/C22H27NO3/c1-4-16-13-19-14-18(22(25)26-15(2)3)11-8-12-23(19)20(16)21(24)17-9-6-5-7-10-17/h5-7,9-10,13-15,18,20H,4,8,11-12H2,1-3H3. The summed E-state index contributed by atoms with van der Waals surface area (Å²) in [5.74, 6) is -0.277. The maximum atomic E-state index is 13.1. The lowest BCUT2D eigenvalue weighted by molar-refractivity contribution is -0.150. The van der Waals surface area contributed by atoms with Crippen LogP contribution in [0.15, 0.2) is 53.8 Å². The molecule has 0 spiro atoms. The quantitative estimate of drug-likeness (QED) is 0.590. The van der Waals surface area contributed by atoms with Crippen molar-refractivity contribution in [2.24, 2.45) is 5.92 Å². The average Bonchev–Trinajstić information content (AvgIpc) is 2.84. The van der Waals surface area contributed by atoms with Gasteiger partial charge in [-0.25, -0.2) is 0 Å². The Balaban J connectivity index is 1.88. The lowest BCUT2D eigenvalue weighted by Crippen LogP contribution is -2.38. The first-order valence-corrected chi connectivity index (χ1v) is 9.50. The molecule has 2 aliphatic heterocycles. The summed E-state index contributed by atoms with van der Waals surface area (Å²) in [5.41, 5.74) is 2.83. The van der Waals surface area contributed by atoms with Gasteiger partial charge in [0.05, 0.1) is 12.0 Å². The van der Waals surface area contributed by atoms with Crippen LogP contribution in [-0.2, 0) is 9.53 Å². The Kier molecular flexibility index (Phi) is 5.60. The molecule has 0 aromatic heterocycles. The molecule has 0 bridgehead atoms. The third kappa shape index (κ3) is 3.74. The van der Waals surface area contributed by atoms with Gasteiger partial charge in [0.15, 0.2) is 5.78 Å². The summed E-state index contributed by atoms with van der Waals surface area (Å²) in [4.78, 5) is 27.7. The SMILES string of the molecule is CCC1=CC2=CC(C(=O)OC(C)C)CCCN2C1C(=O)c1ccccc1. The lowest BCUT2D eigenvalue weighted by atomic mass is 9.96. The van der Waals surface area contributed by atoms with Crippen LogP contribution in [0.3, 0.4) is 0 Å². The number of hydrogen-bond acceptors (Lipinski definition) is 4. The first-order chi connectivity index (χ1) is 12.5. The number of carbonyl (C=O) groups is 2. The van der Waals surface area contributed by atoms with Gasteiger partial charge in [0, 0.05) is 17.8 Å². The number of Topliss-reactive ketones (excluding diaryl/α,β-unsaturated/α-hetero) is 1. The minimum atomic E-state index is -0.256. The highest BCUT2D eigenvalue weighted by atomic mass is 16.5. The predicted octanol–water partition coefficient (Wildman–Crippen LogP) is 4.14. The summed E-state index contributed by atoms with van der Waals surface area (Å²) in [6.45, 7) is 6.59. The summed E-state index contributed by atoms with van der Waals surface area (Å²) in [6, 6.07) is 9.21. The zero-order chi connectivity index (χ0) is 18.7. The molecule has 1 aromatic rings. The molecule has 1 aromatic carbocycles. The van der Waals surface area contributed by atoms with Gasteiger partial charge in [-0.2, -0.15) is 0 Å². The second-order valence-corrected chi connectivity index (χ2v) is 7.22. The fourth-order valence-corrected chi connectivity index (χ4v) is 3.75. The van der Waals surface area contributed by atoms with Crippen molar-refractivity contribution in [3.8, 4) is 0 Å². The van der Waals surface area contributed by atoms with Crippen molar-refractivity contribution in [1.82, 2.24) is 4.90 Å². The Morgan fingerprint density at radius 1 is 1.23 bits per heavy atom. The minimum Gasteiger partial charge on any atom is -0.463 e. The van der Waals surface area contributed by atoms with E-state index in [0.29, 0.717) is 0 Å². The lowest BCUT2D eigenvalue weighted by Gasteiger charge is -2.28. The number of hydrogen-bond donors (Lipinski definition) is 0. The minimum absolute atomic E-state index is 0.113. The predicted molar refractivity (Wildman–Crippen MR) is 102 cm³/mol. The summed E-state index contributed by atoms with van der Waals surface area (Å²) in [7, 11) is 0. The third-order valence-electron chi connectivity index (χ3n) is 4.98. The molecule has 0 aliphatic carbocycles. The van der Waals surface area contributed by atoms with Crippen LogP contribution in [-0.4, -0.2) is 35.3 Å². The van der Waals surface area contributed by atoms with Crippen LogP contribution in [0.4, 0.5) is 0 Å². The monoisotopic (exact) mass is 353 g/mol. The zero-order valence-corrected chi connectivity index (χ0v) is 15.8. The van der Waals surface area contributed by atoms with E-state index >= 15 is 0 Å². The molecule has 0 N–H and O–H groups in total. The first kappa shape index (κ1) is 18.4. The highest BCUT2D eigenvalue weighted by molar-refractivity contribution is 6.02. The number of ketones is 1. The van der Waals surface area contributed by atoms with Crippen molar-refractivity contribution in [2.75, 3.05) is 6.54 Å². The van der Waals surface area contributed by atoms with Gasteiger partial charge in [-0.05, 0) is 50.8 Å². The molecule has 26 heavy (non-hydrogen) atoms. The molecule has 3 rings (SSSR count). The van der Waals surface area contributed by atoms with E-state index in [2.05, 4.69) is 17.9 Å². The van der Waals surface area contributed by atoms with E-state index in [-0.39, 0.29) is 29.8 Å². The van der Waals surface area contributed by atoms with Crippen LogP contribution in [0.5, 0.6) is 0 Å². The van der Waals surface area contributed by atoms with Crippen LogP contribution >= 0.6 is 0 Å². The Hall–Kier alpha value is -2.36. The number of allylic oxidation sites excluding steroid dienone is 1. The highest BCUT2D eigenvalue weighted by Gasteiger charge is 2.37. The molecular weight excluding hydrogens is 326 g/mol. The van der Waals surface area contributed by atoms with E-state index in [1.165, 1.54) is 0 Å². The third-order valence-corrected chi connectivity index (χ3v) is 4.98. The molecule has 0 saturated heterocycles. The fourth-order valence-electron chi connectivity index (χ4n) is 3.75. The van der Waals surface area contributed by atoms with Gasteiger partial charge < -0.3 is 9.64 Å². The van der Waals surface area contributed by atoms with Crippen LogP contribution in [0.25, 0.3) is 0 Å². The summed E-state index contributed by atoms with van der Waals surface area (Å²) >= 11 is 0. The fraction of sp³-hybridized carbons (Fsp3) is 0.455. The van der Waals surface area contributed by atoms with Crippen LogP contribution in [0.1, 0.15) is 50.4 Å². The van der Waals surface area contributed by atoms with Crippen molar-refractivity contribution in [3.63, 3.8) is 0 Å². The summed E-state index contributed by atoms with van der Waals surface area (Å²) in [6.07, 6.45) is 6.41. The van der Waals surface area contributed by atoms with Crippen molar-refractivity contribution in [3.05, 3.63) is 59.3 Å². The number of benzene rings is 1. The molecular formula is C22H27NO3. The molecule has 0 saturated carbocycles. The van der Waals surface area contributed by atoms with Crippen LogP contribution in [0, 0.1) is 5.92 Å². The van der Waals surface area contributed by atoms with Gasteiger partial charge in [-0.15, -0.1) is 0 Å². The van der Waals surface area contributed by atoms with Crippen molar-refractivity contribution >= 4 is 11.8 Å². The van der Waals surface area contributed by atoms with E-state index in [1.807, 2.05) is 50.3 Å². The largest absolute Gasteiger partial charge is 0.463 e. The number of esters is 1. The number of nitrogens with zero attached hydrogens (tertiary/aromatic N) is 1. The maximum absolute atomic E-state index is 13.1. The molecule has 0 radical (unpaired) electrons. The van der Waals surface area contributed by atoms with Crippen LogP contribution < -0.4 is 0 Å². The molecule has 138 valence electrons. The number of fused-ring (bicyclic) bond motifs is 1. The van der Waals surface area contributed by atoms with Gasteiger partial charge in [-0.1, -0.05) is 37.3 Å². The number of carbonyl (C=O) groups excluding carboxylic acids is 2. The van der Waals surface area contributed by atoms with Crippen molar-refractivity contribution < 1.29 is 14.3 Å². The molecule has 0 amide bonds. The number of rotatable bonds is 5. The Labute approximate surface area is 155 Å². The topological polar surface area (TPSA) is 46.6 Å². The molecule has 2 unspecified atom stereocenters. The van der Waals surface area contributed by atoms with Crippen LogP contribution in [0.2, 0.25) is 0 Å². The van der Waals surface area contributed by atoms with E-state index in [4.69, 9.17) is 4.74 Å². The first-order valence-electron chi connectivity index (χ1n) is 9.50. The normalized spacial score (nSPS) is 22.4. The Bertz CT molecular complexity index is 733. The van der Waals surface area contributed by atoms with E-state index in [1.54, 1.807) is 0 Å². The molecule has 0 fully saturated rings. The second-order valence-electron chi connectivity index (χ2n) is 7.22. The van der Waals surface area contributed by atoms with Gasteiger partial charge in [0.1, 0.15) is 6.04 Å². The second kappa shape index (κ2) is 7.90. The maximum Gasteiger partial charge on any atom is 0.313 e. The van der Waals surface area contributed by atoms with E-state index < -0.39 is 0 Å². The molecule has 2 atom stereocenters. The zero-order valence-electron chi connectivity index (χ0n) is 15.8. The van der Waals surface area contributed by atoms with Gasteiger partial charge in [0.2, 0.25) is 0 Å². The van der Waals surface area contributed by atoms with Crippen molar-refractivity contribution in [2.45, 2.75) is 52.2 Å². The van der Waals surface area contributed by atoms with E-state index in [0.717, 1.165) is 42.6 Å². The molecule has 4 nitrogen and oxygen atoms in total. The molecule has 4 heteroatoms. The Morgan fingerprint density at radius 2 is 1.96 bits per heavy atom. The van der Waals surface area contributed by atoms with E-state index in [9.17, 15) is 9.59 Å². The summed E-state index contributed by atoms with van der Waals surface area (Å²) in [5, 5.41) is 0. The molecule has 2 heterocycles. The van der Waals surface area contributed by atoms with Gasteiger partial charge in [-0.3, -0.25) is 9.59 Å². The number of ether oxygens (including phenoxy) is 1. The van der Waals surface area contributed by atoms with Crippen molar-refractivity contribution in [1.29, 1.82) is 0 Å². The molecule has 2 aliphatic rings. The van der Waals surface area contributed by atoms with Gasteiger partial charge >= 0.3 is 5.97 Å². The Morgan fingerprint density at radius 3 is 2.62 bits per heavy atom. The summed E-state index contributed by atoms with van der Waals surface area (Å²) < 4.78 is 5.40. The average molecular weight is 353 g/mol. The highest BCUT2D eigenvalue weighted by Crippen LogP contribution is 2.35. The van der Waals surface area contributed by atoms with Gasteiger partial charge in [0.25, 0.3) is 0 Å².